The van der Waals surface area contributed by atoms with Crippen LogP contribution in [-0.4, -0.2) is 37.3 Å². The van der Waals surface area contributed by atoms with Gasteiger partial charge in [-0.25, -0.2) is 9.78 Å². The molecule has 3 N–H and O–H groups in total. The number of hydrogen-bond donors (Lipinski definition) is 3. The highest BCUT2D eigenvalue weighted by Gasteiger charge is 2.06. The van der Waals surface area contributed by atoms with Crippen LogP contribution in [0, 0.1) is 0 Å². The fourth-order valence-electron chi connectivity index (χ4n) is 2.94. The predicted molar refractivity (Wildman–Crippen MR) is 103 cm³/mol. The molecule has 8 nitrogen and oxygen atoms in total. The Bertz CT molecular complexity index is 1110. The van der Waals surface area contributed by atoms with E-state index in [4.69, 9.17) is 5.11 Å². The van der Waals surface area contributed by atoms with E-state index in [9.17, 15) is 4.79 Å². The van der Waals surface area contributed by atoms with E-state index in [0.717, 1.165) is 27.6 Å². The first kappa shape index (κ1) is 16.8. The summed E-state index contributed by atoms with van der Waals surface area (Å²) in [5.74, 6) is 0.509. The van der Waals surface area contributed by atoms with Crippen molar-refractivity contribution in [2.75, 3.05) is 11.9 Å². The van der Waals surface area contributed by atoms with Gasteiger partial charge in [-0.2, -0.15) is 4.98 Å². The first-order chi connectivity index (χ1) is 13.2. The number of pyridine rings is 1. The first-order valence-corrected chi connectivity index (χ1v) is 8.59. The number of rotatable bonds is 6. The number of fused-ring (bicyclic) bond motifs is 2. The normalized spacial score (nSPS) is 11.0. The van der Waals surface area contributed by atoms with E-state index in [1.807, 2.05) is 47.2 Å². The zero-order chi connectivity index (χ0) is 18.6. The molecule has 0 saturated carbocycles. The number of aromatic nitrogens is 4. The number of nitrogens with zero attached hydrogens (tertiary/aromatic N) is 4. The van der Waals surface area contributed by atoms with Gasteiger partial charge < -0.3 is 20.3 Å². The average molecular weight is 362 g/mol. The summed E-state index contributed by atoms with van der Waals surface area (Å²) in [4.78, 5) is 23.8. The molecule has 0 unspecified atom stereocenters. The Balaban J connectivity index is 1.53. The predicted octanol–water partition coefficient (Wildman–Crippen LogP) is 3.38. The molecule has 8 heteroatoms. The quantitative estimate of drug-likeness (QED) is 0.454. The fourth-order valence-corrected chi connectivity index (χ4v) is 2.94. The minimum absolute atomic E-state index is 0.399. The molecule has 0 atom stereocenters. The van der Waals surface area contributed by atoms with Gasteiger partial charge >= 0.3 is 6.09 Å². The molecule has 0 aliphatic carbocycles. The van der Waals surface area contributed by atoms with Crippen LogP contribution in [0.5, 0.6) is 0 Å². The number of carbonyl (C=O) groups is 1. The van der Waals surface area contributed by atoms with Gasteiger partial charge in [0.1, 0.15) is 5.65 Å². The summed E-state index contributed by atoms with van der Waals surface area (Å²) in [7, 11) is 0. The van der Waals surface area contributed by atoms with Crippen LogP contribution in [0.1, 0.15) is 6.42 Å². The Morgan fingerprint density at radius 3 is 2.96 bits per heavy atom. The molecule has 3 aromatic heterocycles. The molecular formula is C19H18N6O2. The van der Waals surface area contributed by atoms with E-state index >= 15 is 0 Å². The highest BCUT2D eigenvalue weighted by atomic mass is 16.4. The number of nitrogens with one attached hydrogen (secondary N) is 2. The van der Waals surface area contributed by atoms with Gasteiger partial charge in [-0.05, 0) is 36.8 Å². The Hall–Kier alpha value is -3.68. The molecule has 1 amide bonds. The summed E-state index contributed by atoms with van der Waals surface area (Å²) in [5, 5.41) is 16.2. The van der Waals surface area contributed by atoms with E-state index in [2.05, 4.69) is 25.6 Å². The van der Waals surface area contributed by atoms with Gasteiger partial charge in [0.25, 0.3) is 0 Å². The minimum atomic E-state index is -1.01. The second kappa shape index (κ2) is 7.28. The van der Waals surface area contributed by atoms with E-state index in [-0.39, 0.29) is 0 Å². The number of aryl methyl sites for hydroxylation is 1. The van der Waals surface area contributed by atoms with E-state index in [0.29, 0.717) is 25.5 Å². The molecular weight excluding hydrogens is 344 g/mol. The number of hydrogen-bond acceptors (Lipinski definition) is 5. The molecule has 0 saturated heterocycles. The monoisotopic (exact) mass is 362 g/mol. The van der Waals surface area contributed by atoms with Gasteiger partial charge in [0.05, 0.1) is 5.52 Å². The third kappa shape index (κ3) is 3.79. The average Bonchev–Trinajstić information content (AvgIpc) is 3.07. The van der Waals surface area contributed by atoms with Crippen LogP contribution in [0.3, 0.4) is 0 Å². The highest BCUT2D eigenvalue weighted by Crippen LogP contribution is 2.21. The number of amides is 1. The maximum Gasteiger partial charge on any atom is 0.404 e. The SMILES string of the molecule is O=C(O)NCCCn1ccc2cnc(Nc3ccc4ncccc4c3)nc21. The molecule has 4 rings (SSSR count). The topological polar surface area (TPSA) is 105 Å². The van der Waals surface area contributed by atoms with Crippen LogP contribution in [0.15, 0.2) is 55.0 Å². The van der Waals surface area contributed by atoms with Gasteiger partial charge in [0, 0.05) is 48.1 Å². The Labute approximate surface area is 154 Å². The third-order valence-corrected chi connectivity index (χ3v) is 4.21. The van der Waals surface area contributed by atoms with Crippen molar-refractivity contribution in [1.82, 2.24) is 24.8 Å². The van der Waals surface area contributed by atoms with Crippen molar-refractivity contribution in [1.29, 1.82) is 0 Å². The summed E-state index contributed by atoms with van der Waals surface area (Å²) in [6, 6.07) is 11.8. The van der Waals surface area contributed by atoms with Gasteiger partial charge in [0.15, 0.2) is 0 Å². The van der Waals surface area contributed by atoms with E-state index in [1.165, 1.54) is 0 Å². The zero-order valence-electron chi connectivity index (χ0n) is 14.5. The second-order valence-corrected chi connectivity index (χ2v) is 6.10. The van der Waals surface area contributed by atoms with Crippen molar-refractivity contribution in [2.24, 2.45) is 0 Å². The van der Waals surface area contributed by atoms with Crippen molar-refractivity contribution < 1.29 is 9.90 Å². The lowest BCUT2D eigenvalue weighted by Gasteiger charge is -2.08. The summed E-state index contributed by atoms with van der Waals surface area (Å²) in [6.45, 7) is 1.07. The standard InChI is InChI=1S/C19H18N6O2/c26-19(27)21-8-2-9-25-10-6-14-12-22-18(24-17(14)25)23-15-4-5-16-13(11-15)3-1-7-20-16/h1,3-7,10-12,21H,2,8-9H2,(H,26,27)(H,22,23,24). The summed E-state index contributed by atoms with van der Waals surface area (Å²) in [6.07, 6.45) is 5.16. The maximum atomic E-state index is 10.5. The first-order valence-electron chi connectivity index (χ1n) is 8.59. The molecule has 0 spiro atoms. The molecule has 0 bridgehead atoms. The van der Waals surface area contributed by atoms with Gasteiger partial charge in [-0.3, -0.25) is 4.98 Å². The van der Waals surface area contributed by atoms with Crippen molar-refractivity contribution in [3.8, 4) is 0 Å². The van der Waals surface area contributed by atoms with Crippen molar-refractivity contribution in [2.45, 2.75) is 13.0 Å². The summed E-state index contributed by atoms with van der Waals surface area (Å²) >= 11 is 0. The molecule has 0 fully saturated rings. The van der Waals surface area contributed by atoms with Crippen molar-refractivity contribution in [3.05, 3.63) is 55.0 Å². The van der Waals surface area contributed by atoms with Gasteiger partial charge in [-0.1, -0.05) is 6.07 Å². The lowest BCUT2D eigenvalue weighted by molar-refractivity contribution is 0.194. The van der Waals surface area contributed by atoms with E-state index < -0.39 is 6.09 Å². The van der Waals surface area contributed by atoms with Crippen LogP contribution in [0.4, 0.5) is 16.4 Å². The van der Waals surface area contributed by atoms with Crippen LogP contribution < -0.4 is 10.6 Å². The number of carboxylic acid groups (broad SMARTS) is 1. The molecule has 136 valence electrons. The maximum absolute atomic E-state index is 10.5. The third-order valence-electron chi connectivity index (χ3n) is 4.21. The van der Waals surface area contributed by atoms with E-state index in [1.54, 1.807) is 12.4 Å². The largest absolute Gasteiger partial charge is 0.465 e. The summed E-state index contributed by atoms with van der Waals surface area (Å²) < 4.78 is 2.00. The fraction of sp³-hybridized carbons (Fsp3) is 0.158. The molecule has 4 aromatic rings. The molecule has 1 aromatic carbocycles. The number of anilines is 2. The molecule has 3 heterocycles. The van der Waals surface area contributed by atoms with Gasteiger partial charge in [0.2, 0.25) is 5.95 Å². The van der Waals surface area contributed by atoms with Crippen LogP contribution in [-0.2, 0) is 6.54 Å². The van der Waals surface area contributed by atoms with Crippen molar-refractivity contribution in [3.63, 3.8) is 0 Å². The molecule has 0 aliphatic rings. The Morgan fingerprint density at radius 2 is 2.07 bits per heavy atom. The smallest absolute Gasteiger partial charge is 0.404 e. The molecule has 0 radical (unpaired) electrons. The van der Waals surface area contributed by atoms with Crippen LogP contribution >= 0.6 is 0 Å². The zero-order valence-corrected chi connectivity index (χ0v) is 14.5. The highest BCUT2D eigenvalue weighted by molar-refractivity contribution is 5.83. The lowest BCUT2D eigenvalue weighted by atomic mass is 10.2. The van der Waals surface area contributed by atoms with Crippen molar-refractivity contribution >= 4 is 39.7 Å². The van der Waals surface area contributed by atoms with Crippen LogP contribution in [0.2, 0.25) is 0 Å². The molecule has 0 aliphatic heterocycles. The van der Waals surface area contributed by atoms with Gasteiger partial charge in [-0.15, -0.1) is 0 Å². The number of benzene rings is 1. The Kier molecular flexibility index (Phi) is 4.52. The van der Waals surface area contributed by atoms with Crippen LogP contribution in [0.25, 0.3) is 21.9 Å². The minimum Gasteiger partial charge on any atom is -0.465 e. The lowest BCUT2D eigenvalue weighted by Crippen LogP contribution is -2.22. The second-order valence-electron chi connectivity index (χ2n) is 6.10. The Morgan fingerprint density at radius 1 is 1.15 bits per heavy atom. The summed E-state index contributed by atoms with van der Waals surface area (Å²) in [5.41, 5.74) is 2.63. The molecule has 27 heavy (non-hydrogen) atoms.